The van der Waals surface area contributed by atoms with Crippen molar-refractivity contribution in [1.29, 1.82) is 0 Å². The Morgan fingerprint density at radius 3 is 2.75 bits per heavy atom. The summed E-state index contributed by atoms with van der Waals surface area (Å²) in [4.78, 5) is 24.9. The summed E-state index contributed by atoms with van der Waals surface area (Å²) >= 11 is 1.51. The van der Waals surface area contributed by atoms with Crippen molar-refractivity contribution in [2.75, 3.05) is 37.7 Å². The summed E-state index contributed by atoms with van der Waals surface area (Å²) in [7, 11) is 0. The maximum Gasteiger partial charge on any atom is 0.401 e. The molecule has 1 heterocycles. The van der Waals surface area contributed by atoms with Gasteiger partial charge in [0.05, 0.1) is 19.7 Å². The molecule has 1 unspecified atom stereocenters. The first-order valence-corrected chi connectivity index (χ1v) is 7.32. The van der Waals surface area contributed by atoms with Crippen molar-refractivity contribution in [3.05, 3.63) is 0 Å². The number of amides is 1. The smallest absolute Gasteiger partial charge is 0.401 e. The van der Waals surface area contributed by atoms with Crippen LogP contribution in [0.25, 0.3) is 0 Å². The number of hydrogen-bond donors (Lipinski definition) is 1. The predicted molar refractivity (Wildman–Crippen MR) is 68.4 cm³/mol. The van der Waals surface area contributed by atoms with Crippen LogP contribution in [0, 0.1) is 0 Å². The van der Waals surface area contributed by atoms with Crippen LogP contribution in [-0.4, -0.2) is 66.7 Å². The van der Waals surface area contributed by atoms with Gasteiger partial charge in [0.1, 0.15) is 6.04 Å². The minimum absolute atomic E-state index is 0.203. The molecule has 0 aromatic carbocycles. The fraction of sp³-hybridized carbons (Fsp3) is 0.818. The molecule has 20 heavy (non-hydrogen) atoms. The van der Waals surface area contributed by atoms with E-state index in [1.165, 1.54) is 16.7 Å². The maximum absolute atomic E-state index is 12.0. The normalized spacial score (nSPS) is 19.8. The molecule has 0 aliphatic carbocycles. The number of ether oxygens (including phenoxy) is 1. The van der Waals surface area contributed by atoms with Crippen molar-refractivity contribution in [1.82, 2.24) is 10.2 Å². The van der Waals surface area contributed by atoms with E-state index in [4.69, 9.17) is 4.74 Å². The summed E-state index contributed by atoms with van der Waals surface area (Å²) in [6.45, 7) is 0.519. The van der Waals surface area contributed by atoms with Crippen molar-refractivity contribution in [3.8, 4) is 0 Å². The number of carbonyl (C=O) groups is 2. The van der Waals surface area contributed by atoms with E-state index in [0.29, 0.717) is 18.1 Å². The zero-order valence-electron chi connectivity index (χ0n) is 11.0. The quantitative estimate of drug-likeness (QED) is 0.755. The molecule has 0 spiro atoms. The van der Waals surface area contributed by atoms with Gasteiger partial charge in [-0.15, -0.1) is 0 Å². The Hall–Kier alpha value is -0.960. The molecule has 5 nitrogen and oxygen atoms in total. The number of nitrogens with zero attached hydrogens (tertiary/aromatic N) is 1. The first-order valence-electron chi connectivity index (χ1n) is 6.16. The van der Waals surface area contributed by atoms with Crippen LogP contribution in [0.5, 0.6) is 0 Å². The monoisotopic (exact) mass is 314 g/mol. The Morgan fingerprint density at radius 1 is 1.45 bits per heavy atom. The number of alkyl halides is 3. The van der Waals surface area contributed by atoms with Crippen LogP contribution in [0.1, 0.15) is 6.92 Å². The van der Waals surface area contributed by atoms with Crippen LogP contribution in [-0.2, 0) is 14.3 Å². The van der Waals surface area contributed by atoms with Crippen LogP contribution in [0.2, 0.25) is 0 Å². The molecule has 0 bridgehead atoms. The SMILES string of the molecule is CCOC(=O)C1CSCCN1C(=O)CNCC(F)(F)F. The number of halogens is 3. The lowest BCUT2D eigenvalue weighted by atomic mass is 10.2. The second kappa shape index (κ2) is 7.72. The fourth-order valence-electron chi connectivity index (χ4n) is 1.75. The molecule has 0 aromatic rings. The number of hydrogen-bond acceptors (Lipinski definition) is 5. The first kappa shape index (κ1) is 17.1. The van der Waals surface area contributed by atoms with Gasteiger partial charge in [0, 0.05) is 18.1 Å². The highest BCUT2D eigenvalue weighted by atomic mass is 32.2. The largest absolute Gasteiger partial charge is 0.464 e. The van der Waals surface area contributed by atoms with E-state index < -0.39 is 37.2 Å². The van der Waals surface area contributed by atoms with Crippen molar-refractivity contribution >= 4 is 23.6 Å². The zero-order chi connectivity index (χ0) is 15.2. The van der Waals surface area contributed by atoms with Gasteiger partial charge in [-0.2, -0.15) is 24.9 Å². The molecule has 0 radical (unpaired) electrons. The first-order chi connectivity index (χ1) is 9.35. The van der Waals surface area contributed by atoms with Crippen LogP contribution >= 0.6 is 11.8 Å². The molecule has 1 aliphatic heterocycles. The zero-order valence-corrected chi connectivity index (χ0v) is 11.9. The third kappa shape index (κ3) is 5.58. The van der Waals surface area contributed by atoms with Gasteiger partial charge in [-0.05, 0) is 6.92 Å². The standard InChI is InChI=1S/C11H17F3N2O3S/c1-2-19-10(18)8-6-20-4-3-16(8)9(17)5-15-7-11(12,13)14/h8,15H,2-7H2,1H3. The minimum Gasteiger partial charge on any atom is -0.464 e. The molecular weight excluding hydrogens is 297 g/mol. The van der Waals surface area contributed by atoms with Gasteiger partial charge < -0.3 is 15.0 Å². The van der Waals surface area contributed by atoms with Gasteiger partial charge in [-0.3, -0.25) is 4.79 Å². The summed E-state index contributed by atoms with van der Waals surface area (Å²) < 4.78 is 40.8. The second-order valence-corrected chi connectivity index (χ2v) is 5.30. The van der Waals surface area contributed by atoms with Crippen molar-refractivity contribution < 1.29 is 27.5 Å². The van der Waals surface area contributed by atoms with Gasteiger partial charge in [-0.1, -0.05) is 0 Å². The highest BCUT2D eigenvalue weighted by Gasteiger charge is 2.34. The van der Waals surface area contributed by atoms with E-state index in [2.05, 4.69) is 0 Å². The molecule has 1 N–H and O–H groups in total. The minimum atomic E-state index is -4.36. The topological polar surface area (TPSA) is 58.6 Å². The van der Waals surface area contributed by atoms with Gasteiger partial charge in [-0.25, -0.2) is 4.79 Å². The number of rotatable bonds is 5. The second-order valence-electron chi connectivity index (χ2n) is 4.15. The molecule has 1 aliphatic rings. The molecule has 1 rings (SSSR count). The van der Waals surface area contributed by atoms with E-state index in [1.807, 2.05) is 5.32 Å². The van der Waals surface area contributed by atoms with Gasteiger partial charge in [0.2, 0.25) is 5.91 Å². The molecule has 1 saturated heterocycles. The van der Waals surface area contributed by atoms with E-state index >= 15 is 0 Å². The average molecular weight is 314 g/mol. The Labute approximate surface area is 119 Å². The maximum atomic E-state index is 12.0. The lowest BCUT2D eigenvalue weighted by Crippen LogP contribution is -2.53. The van der Waals surface area contributed by atoms with E-state index in [-0.39, 0.29) is 6.61 Å². The third-order valence-corrected chi connectivity index (χ3v) is 3.63. The number of nitrogens with one attached hydrogen (secondary N) is 1. The number of carbonyl (C=O) groups excluding carboxylic acids is 2. The molecule has 1 amide bonds. The lowest BCUT2D eigenvalue weighted by Gasteiger charge is -2.33. The van der Waals surface area contributed by atoms with Crippen LogP contribution in [0.3, 0.4) is 0 Å². The summed E-state index contributed by atoms with van der Waals surface area (Å²) in [6.07, 6.45) is -4.36. The summed E-state index contributed by atoms with van der Waals surface area (Å²) in [5.41, 5.74) is 0. The summed E-state index contributed by atoms with van der Waals surface area (Å²) in [5.74, 6) is 0.0292. The van der Waals surface area contributed by atoms with Gasteiger partial charge >= 0.3 is 12.1 Å². The van der Waals surface area contributed by atoms with E-state index in [0.717, 1.165) is 0 Å². The summed E-state index contributed by atoms with van der Waals surface area (Å²) in [5, 5.41) is 2.04. The molecule has 1 fully saturated rings. The fourth-order valence-corrected chi connectivity index (χ4v) is 2.78. The Balaban J connectivity index is 2.52. The van der Waals surface area contributed by atoms with Crippen molar-refractivity contribution in [2.45, 2.75) is 19.1 Å². The molecule has 0 saturated carbocycles. The third-order valence-electron chi connectivity index (χ3n) is 2.61. The molecular formula is C11H17F3N2O3S. The highest BCUT2D eigenvalue weighted by Crippen LogP contribution is 2.18. The molecule has 9 heteroatoms. The van der Waals surface area contributed by atoms with Crippen molar-refractivity contribution in [2.24, 2.45) is 0 Å². The van der Waals surface area contributed by atoms with Crippen LogP contribution < -0.4 is 5.32 Å². The predicted octanol–water partition coefficient (Wildman–Crippen LogP) is 0.645. The Bertz CT molecular complexity index is 352. The van der Waals surface area contributed by atoms with Crippen LogP contribution in [0.15, 0.2) is 0 Å². The highest BCUT2D eigenvalue weighted by molar-refractivity contribution is 7.99. The number of esters is 1. The Morgan fingerprint density at radius 2 is 2.15 bits per heavy atom. The van der Waals surface area contributed by atoms with Gasteiger partial charge in [0.25, 0.3) is 0 Å². The molecule has 1 atom stereocenters. The van der Waals surface area contributed by atoms with Crippen molar-refractivity contribution in [3.63, 3.8) is 0 Å². The Kier molecular flexibility index (Phi) is 6.60. The number of thioether (sulfide) groups is 1. The van der Waals surface area contributed by atoms with E-state index in [1.54, 1.807) is 6.92 Å². The average Bonchev–Trinajstić information content (AvgIpc) is 2.37. The molecule has 116 valence electrons. The van der Waals surface area contributed by atoms with E-state index in [9.17, 15) is 22.8 Å². The van der Waals surface area contributed by atoms with Crippen LogP contribution in [0.4, 0.5) is 13.2 Å². The molecule has 0 aromatic heterocycles. The van der Waals surface area contributed by atoms with Gasteiger partial charge in [0.15, 0.2) is 0 Å². The lowest BCUT2D eigenvalue weighted by molar-refractivity contribution is -0.154. The summed E-state index contributed by atoms with van der Waals surface area (Å²) in [6, 6.07) is -0.714.